The first kappa shape index (κ1) is 13.8. The highest BCUT2D eigenvalue weighted by Gasteiger charge is 2.13. The monoisotopic (exact) mass is 238 g/mol. The highest BCUT2D eigenvalue weighted by atomic mass is 16.3. The lowest BCUT2D eigenvalue weighted by Gasteiger charge is -2.22. The van der Waals surface area contributed by atoms with Gasteiger partial charge in [0.1, 0.15) is 5.76 Å². The van der Waals surface area contributed by atoms with E-state index >= 15 is 0 Å². The van der Waals surface area contributed by atoms with Crippen molar-refractivity contribution in [1.82, 2.24) is 10.2 Å². The average Bonchev–Trinajstić information content (AvgIpc) is 2.77. The molecule has 1 rings (SSSR count). The zero-order chi connectivity index (χ0) is 12.8. The Kier molecular flexibility index (Phi) is 5.22. The van der Waals surface area contributed by atoms with Crippen LogP contribution in [-0.4, -0.2) is 36.5 Å². The molecule has 1 amide bonds. The van der Waals surface area contributed by atoms with Gasteiger partial charge in [0.25, 0.3) is 0 Å². The van der Waals surface area contributed by atoms with Crippen molar-refractivity contribution in [2.24, 2.45) is 0 Å². The van der Waals surface area contributed by atoms with E-state index in [1.54, 1.807) is 11.2 Å². The van der Waals surface area contributed by atoms with Gasteiger partial charge < -0.3 is 14.6 Å². The van der Waals surface area contributed by atoms with Crippen molar-refractivity contribution in [1.29, 1.82) is 0 Å². The van der Waals surface area contributed by atoms with Gasteiger partial charge in [-0.1, -0.05) is 0 Å². The fourth-order valence-corrected chi connectivity index (χ4v) is 1.48. The van der Waals surface area contributed by atoms with Gasteiger partial charge in [-0.2, -0.15) is 0 Å². The van der Waals surface area contributed by atoms with Crippen LogP contribution in [0.5, 0.6) is 0 Å². The highest BCUT2D eigenvalue weighted by Crippen LogP contribution is 2.03. The predicted octanol–water partition coefficient (Wildman–Crippen LogP) is 1.67. The molecule has 4 heteroatoms. The molecule has 0 aliphatic heterocycles. The number of likely N-dealkylation sites (N-methyl/N-ethyl adjacent to an activating group) is 1. The summed E-state index contributed by atoms with van der Waals surface area (Å²) in [6.45, 7) is 6.43. The Morgan fingerprint density at radius 3 is 2.71 bits per heavy atom. The molecular weight excluding hydrogens is 216 g/mol. The molecule has 0 radical (unpaired) electrons. The van der Waals surface area contributed by atoms with Crippen LogP contribution in [0.2, 0.25) is 0 Å². The van der Waals surface area contributed by atoms with Crippen LogP contribution in [0, 0.1) is 0 Å². The van der Waals surface area contributed by atoms with E-state index in [0.717, 1.165) is 12.2 Å². The first-order valence-corrected chi connectivity index (χ1v) is 6.02. The quantitative estimate of drug-likeness (QED) is 0.820. The smallest absolute Gasteiger partial charge is 0.236 e. The van der Waals surface area contributed by atoms with Crippen molar-refractivity contribution in [2.75, 3.05) is 13.6 Å². The molecule has 17 heavy (non-hydrogen) atoms. The molecule has 1 heterocycles. The highest BCUT2D eigenvalue weighted by molar-refractivity contribution is 5.78. The van der Waals surface area contributed by atoms with Gasteiger partial charge in [-0.15, -0.1) is 0 Å². The summed E-state index contributed by atoms with van der Waals surface area (Å²) < 4.78 is 5.26. The van der Waals surface area contributed by atoms with Crippen LogP contribution in [0.4, 0.5) is 0 Å². The maximum absolute atomic E-state index is 11.7. The Hall–Kier alpha value is -1.29. The van der Waals surface area contributed by atoms with Crippen molar-refractivity contribution in [3.05, 3.63) is 24.2 Å². The molecule has 1 atom stereocenters. The molecule has 0 aromatic carbocycles. The Labute approximate surface area is 103 Å². The molecule has 0 bridgehead atoms. The maximum Gasteiger partial charge on any atom is 0.236 e. The fraction of sp³-hybridized carbons (Fsp3) is 0.615. The van der Waals surface area contributed by atoms with Gasteiger partial charge in [0, 0.05) is 25.6 Å². The lowest BCUT2D eigenvalue weighted by Crippen LogP contribution is -2.42. The third kappa shape index (κ3) is 4.61. The molecule has 0 fully saturated rings. The van der Waals surface area contributed by atoms with Gasteiger partial charge in [0.2, 0.25) is 5.91 Å². The lowest BCUT2D eigenvalue weighted by atomic mass is 10.2. The minimum absolute atomic E-state index is 0.117. The molecule has 1 aromatic rings. The third-order valence-corrected chi connectivity index (χ3v) is 2.86. The molecule has 0 saturated carbocycles. The van der Waals surface area contributed by atoms with E-state index in [1.165, 1.54) is 0 Å². The van der Waals surface area contributed by atoms with Gasteiger partial charge in [-0.3, -0.25) is 4.79 Å². The van der Waals surface area contributed by atoms with E-state index in [-0.39, 0.29) is 18.0 Å². The summed E-state index contributed by atoms with van der Waals surface area (Å²) in [6, 6.07) is 4.29. The summed E-state index contributed by atoms with van der Waals surface area (Å²) in [7, 11) is 1.83. The number of carbonyl (C=O) groups excluding carboxylic acids is 1. The van der Waals surface area contributed by atoms with Crippen LogP contribution >= 0.6 is 0 Å². The molecule has 96 valence electrons. The van der Waals surface area contributed by atoms with Crippen LogP contribution < -0.4 is 5.32 Å². The summed E-state index contributed by atoms with van der Waals surface area (Å²) in [5, 5.41) is 3.21. The van der Waals surface area contributed by atoms with Crippen LogP contribution in [-0.2, 0) is 11.2 Å². The molecule has 0 aliphatic carbocycles. The molecule has 0 spiro atoms. The second-order valence-electron chi connectivity index (χ2n) is 4.66. The van der Waals surface area contributed by atoms with Crippen LogP contribution in [0.15, 0.2) is 22.8 Å². The average molecular weight is 238 g/mol. The topological polar surface area (TPSA) is 45.5 Å². The van der Waals surface area contributed by atoms with Gasteiger partial charge in [0.15, 0.2) is 0 Å². The zero-order valence-corrected chi connectivity index (χ0v) is 11.1. The number of furan rings is 1. The van der Waals surface area contributed by atoms with E-state index in [2.05, 4.69) is 5.32 Å². The van der Waals surface area contributed by atoms with Crippen molar-refractivity contribution in [3.8, 4) is 0 Å². The molecule has 1 N–H and O–H groups in total. The lowest BCUT2D eigenvalue weighted by molar-refractivity contribution is -0.130. The summed E-state index contributed by atoms with van der Waals surface area (Å²) >= 11 is 0. The standard InChI is InChI=1S/C13H22N2O2/c1-10(2)15(4)13(16)9-14-11(3)8-12-6-5-7-17-12/h5-7,10-11,14H,8-9H2,1-4H3. The van der Waals surface area contributed by atoms with E-state index in [4.69, 9.17) is 4.42 Å². The minimum atomic E-state index is 0.117. The van der Waals surface area contributed by atoms with E-state index < -0.39 is 0 Å². The van der Waals surface area contributed by atoms with Crippen molar-refractivity contribution in [2.45, 2.75) is 39.3 Å². The second kappa shape index (κ2) is 6.45. The Bertz CT molecular complexity index is 333. The summed E-state index contributed by atoms with van der Waals surface area (Å²) in [6.07, 6.45) is 2.46. The van der Waals surface area contributed by atoms with E-state index in [1.807, 2.05) is 40.0 Å². The number of carbonyl (C=O) groups is 1. The normalized spacial score (nSPS) is 12.8. The number of rotatable bonds is 6. The van der Waals surface area contributed by atoms with Crippen molar-refractivity contribution in [3.63, 3.8) is 0 Å². The number of nitrogens with one attached hydrogen (secondary N) is 1. The summed E-state index contributed by atoms with van der Waals surface area (Å²) in [5.74, 6) is 1.06. The fourth-order valence-electron chi connectivity index (χ4n) is 1.48. The van der Waals surface area contributed by atoms with Gasteiger partial charge in [-0.05, 0) is 32.9 Å². The maximum atomic E-state index is 11.7. The van der Waals surface area contributed by atoms with Gasteiger partial charge in [0.05, 0.1) is 12.8 Å². The molecular formula is C13H22N2O2. The van der Waals surface area contributed by atoms with Crippen LogP contribution in [0.25, 0.3) is 0 Å². The second-order valence-corrected chi connectivity index (χ2v) is 4.66. The zero-order valence-electron chi connectivity index (χ0n) is 11.1. The number of amides is 1. The molecule has 4 nitrogen and oxygen atoms in total. The van der Waals surface area contributed by atoms with Crippen molar-refractivity contribution < 1.29 is 9.21 Å². The first-order chi connectivity index (χ1) is 8.00. The van der Waals surface area contributed by atoms with Crippen molar-refractivity contribution >= 4 is 5.91 Å². The summed E-state index contributed by atoms with van der Waals surface area (Å²) in [4.78, 5) is 13.5. The Morgan fingerprint density at radius 1 is 1.47 bits per heavy atom. The number of hydrogen-bond donors (Lipinski definition) is 1. The summed E-state index contributed by atoms with van der Waals surface area (Å²) in [5.41, 5.74) is 0. The molecule has 0 aliphatic rings. The molecule has 1 aromatic heterocycles. The third-order valence-electron chi connectivity index (χ3n) is 2.86. The van der Waals surface area contributed by atoms with Gasteiger partial charge in [-0.25, -0.2) is 0 Å². The predicted molar refractivity (Wildman–Crippen MR) is 67.8 cm³/mol. The Balaban J connectivity index is 2.28. The van der Waals surface area contributed by atoms with E-state index in [9.17, 15) is 4.79 Å². The first-order valence-electron chi connectivity index (χ1n) is 6.02. The van der Waals surface area contributed by atoms with E-state index in [0.29, 0.717) is 6.54 Å². The minimum Gasteiger partial charge on any atom is -0.469 e. The van der Waals surface area contributed by atoms with Crippen LogP contribution in [0.3, 0.4) is 0 Å². The largest absolute Gasteiger partial charge is 0.469 e. The molecule has 1 unspecified atom stereocenters. The SMILES string of the molecule is CC(Cc1ccco1)NCC(=O)N(C)C(C)C. The van der Waals surface area contributed by atoms with Gasteiger partial charge >= 0.3 is 0 Å². The number of hydrogen-bond acceptors (Lipinski definition) is 3. The van der Waals surface area contributed by atoms with Crippen LogP contribution in [0.1, 0.15) is 26.5 Å². The Morgan fingerprint density at radius 2 is 2.18 bits per heavy atom. The number of nitrogens with zero attached hydrogens (tertiary/aromatic N) is 1. The molecule has 0 saturated heterocycles.